The molecule has 6 heteroatoms. The summed E-state index contributed by atoms with van der Waals surface area (Å²) >= 11 is 0. The van der Waals surface area contributed by atoms with Crippen LogP contribution in [0.1, 0.15) is 74.1 Å². The first-order chi connectivity index (χ1) is 13.3. The number of amides is 1. The van der Waals surface area contributed by atoms with Crippen LogP contribution in [0.2, 0.25) is 0 Å². The Morgan fingerprint density at radius 3 is 1.62 bits per heavy atom. The van der Waals surface area contributed by atoms with Crippen molar-refractivity contribution >= 4 is 6.09 Å². The Labute approximate surface area is 180 Å². The number of ether oxygens (including phenoxy) is 1. The molecule has 29 heavy (non-hydrogen) atoms. The van der Waals surface area contributed by atoms with Gasteiger partial charge in [-0.25, -0.2) is 4.79 Å². The lowest BCUT2D eigenvalue weighted by Gasteiger charge is -2.43. The smallest absolute Gasteiger partial charge is 0.410 e. The summed E-state index contributed by atoms with van der Waals surface area (Å²) in [5.74, 6) is 0. The average Bonchev–Trinajstić information content (AvgIpc) is 2.61. The average molecular weight is 413 g/mol. The van der Waals surface area contributed by atoms with E-state index in [4.69, 9.17) is 4.74 Å². The SMILES string of the molecule is CC1CC(N(C)C(=O)OC(C)(C)C)CC(C)N1C.CNC1CC(C)N(C)C(C)C1. The van der Waals surface area contributed by atoms with Crippen LogP contribution in [0, 0.1) is 0 Å². The van der Waals surface area contributed by atoms with E-state index in [2.05, 4.69) is 64.0 Å². The molecule has 0 radical (unpaired) electrons. The van der Waals surface area contributed by atoms with E-state index in [0.717, 1.165) is 31.0 Å². The maximum absolute atomic E-state index is 12.0. The van der Waals surface area contributed by atoms with Gasteiger partial charge in [0.1, 0.15) is 5.60 Å². The van der Waals surface area contributed by atoms with Crippen LogP contribution in [0.15, 0.2) is 0 Å². The molecule has 2 rings (SSSR count). The molecule has 0 aromatic heterocycles. The minimum atomic E-state index is -0.423. The molecule has 0 bridgehead atoms. The van der Waals surface area contributed by atoms with Crippen molar-refractivity contribution in [1.29, 1.82) is 0 Å². The van der Waals surface area contributed by atoms with Crippen molar-refractivity contribution in [3.8, 4) is 0 Å². The van der Waals surface area contributed by atoms with E-state index >= 15 is 0 Å². The highest BCUT2D eigenvalue weighted by atomic mass is 16.6. The zero-order valence-electron chi connectivity index (χ0n) is 21.0. The van der Waals surface area contributed by atoms with Crippen LogP contribution in [-0.4, -0.2) is 90.8 Å². The molecule has 0 spiro atoms. The molecule has 1 amide bonds. The van der Waals surface area contributed by atoms with E-state index < -0.39 is 5.60 Å². The first-order valence-electron chi connectivity index (χ1n) is 11.3. The Balaban J connectivity index is 0.000000326. The van der Waals surface area contributed by atoms with E-state index in [1.807, 2.05) is 27.8 Å². The third kappa shape index (κ3) is 8.06. The number of hydrogen-bond donors (Lipinski definition) is 1. The monoisotopic (exact) mass is 412 g/mol. The van der Waals surface area contributed by atoms with Gasteiger partial charge in [0.2, 0.25) is 0 Å². The van der Waals surface area contributed by atoms with Crippen LogP contribution in [-0.2, 0) is 4.74 Å². The van der Waals surface area contributed by atoms with Crippen LogP contribution >= 0.6 is 0 Å². The number of nitrogens with zero attached hydrogens (tertiary/aromatic N) is 3. The van der Waals surface area contributed by atoms with Gasteiger partial charge in [-0.15, -0.1) is 0 Å². The fourth-order valence-corrected chi connectivity index (χ4v) is 4.37. The molecule has 172 valence electrons. The third-order valence-electron chi connectivity index (χ3n) is 6.90. The molecule has 2 aliphatic rings. The van der Waals surface area contributed by atoms with Crippen molar-refractivity contribution < 1.29 is 9.53 Å². The normalized spacial score (nSPS) is 34.2. The zero-order valence-corrected chi connectivity index (χ0v) is 21.0. The fourth-order valence-electron chi connectivity index (χ4n) is 4.37. The van der Waals surface area contributed by atoms with Crippen LogP contribution < -0.4 is 5.32 Å². The Kier molecular flexibility index (Phi) is 9.90. The van der Waals surface area contributed by atoms with Crippen molar-refractivity contribution in [3.05, 3.63) is 0 Å². The maximum Gasteiger partial charge on any atom is 0.410 e. The zero-order chi connectivity index (χ0) is 22.5. The number of hydrogen-bond acceptors (Lipinski definition) is 5. The van der Waals surface area contributed by atoms with Gasteiger partial charge in [-0.3, -0.25) is 0 Å². The third-order valence-corrected chi connectivity index (χ3v) is 6.90. The molecule has 2 heterocycles. The molecule has 6 nitrogen and oxygen atoms in total. The molecule has 4 atom stereocenters. The van der Waals surface area contributed by atoms with E-state index in [9.17, 15) is 4.79 Å². The molecule has 0 aromatic carbocycles. The highest BCUT2D eigenvalue weighted by Gasteiger charge is 2.33. The van der Waals surface area contributed by atoms with Gasteiger partial charge >= 0.3 is 6.09 Å². The largest absolute Gasteiger partial charge is 0.444 e. The second-order valence-corrected chi connectivity index (χ2v) is 10.4. The van der Waals surface area contributed by atoms with E-state index in [1.165, 1.54) is 12.8 Å². The van der Waals surface area contributed by atoms with E-state index in [-0.39, 0.29) is 12.1 Å². The van der Waals surface area contributed by atoms with Crippen molar-refractivity contribution in [1.82, 2.24) is 20.0 Å². The quantitative estimate of drug-likeness (QED) is 0.747. The second-order valence-electron chi connectivity index (χ2n) is 10.4. The highest BCUT2D eigenvalue weighted by Crippen LogP contribution is 2.25. The summed E-state index contributed by atoms with van der Waals surface area (Å²) in [6.45, 7) is 14.7. The summed E-state index contributed by atoms with van der Waals surface area (Å²) in [6.07, 6.45) is 4.39. The Morgan fingerprint density at radius 2 is 1.28 bits per heavy atom. The first kappa shape index (κ1) is 26.2. The number of piperidine rings is 2. The summed E-state index contributed by atoms with van der Waals surface area (Å²) in [4.78, 5) is 18.7. The summed E-state index contributed by atoms with van der Waals surface area (Å²) < 4.78 is 5.42. The van der Waals surface area contributed by atoms with Crippen molar-refractivity contribution in [2.45, 2.75) is 116 Å². The van der Waals surface area contributed by atoms with Crippen LogP contribution in [0.25, 0.3) is 0 Å². The van der Waals surface area contributed by atoms with Gasteiger partial charge in [-0.1, -0.05) is 0 Å². The topological polar surface area (TPSA) is 48.1 Å². The minimum absolute atomic E-state index is 0.212. The number of rotatable bonds is 2. The molecule has 0 aliphatic carbocycles. The molecule has 0 aromatic rings. The predicted molar refractivity (Wildman–Crippen MR) is 122 cm³/mol. The minimum Gasteiger partial charge on any atom is -0.444 e. The molecular weight excluding hydrogens is 364 g/mol. The van der Waals surface area contributed by atoms with Gasteiger partial charge in [0.15, 0.2) is 0 Å². The van der Waals surface area contributed by atoms with Crippen LogP contribution in [0.4, 0.5) is 4.79 Å². The lowest BCUT2D eigenvalue weighted by atomic mass is 9.93. The van der Waals surface area contributed by atoms with Gasteiger partial charge in [0.05, 0.1) is 0 Å². The second kappa shape index (κ2) is 11.0. The highest BCUT2D eigenvalue weighted by molar-refractivity contribution is 5.68. The number of carbonyl (C=O) groups is 1. The summed E-state index contributed by atoms with van der Waals surface area (Å²) in [6, 6.07) is 3.48. The Hall–Kier alpha value is -0.850. The summed E-state index contributed by atoms with van der Waals surface area (Å²) in [5.41, 5.74) is -0.423. The van der Waals surface area contributed by atoms with Gasteiger partial charge in [-0.2, -0.15) is 0 Å². The Morgan fingerprint density at radius 1 is 0.897 bits per heavy atom. The standard InChI is InChI=1S/C14H28N2O2.C9H20N2/c1-10-8-12(9-11(2)15(10)6)16(7)13(17)18-14(3,4)5;1-7-5-9(10-3)6-8(2)11(7)4/h10-12H,8-9H2,1-7H3;7-10H,5-6H2,1-4H3. The summed E-state index contributed by atoms with van der Waals surface area (Å²) in [7, 11) is 8.29. The van der Waals surface area contributed by atoms with E-state index in [1.54, 1.807) is 4.90 Å². The van der Waals surface area contributed by atoms with Crippen molar-refractivity contribution in [2.75, 3.05) is 28.2 Å². The van der Waals surface area contributed by atoms with Gasteiger partial charge in [0, 0.05) is 43.3 Å². The molecule has 0 saturated carbocycles. The lowest BCUT2D eigenvalue weighted by molar-refractivity contribution is 0.00589. The van der Waals surface area contributed by atoms with Crippen LogP contribution in [0.5, 0.6) is 0 Å². The van der Waals surface area contributed by atoms with Gasteiger partial charge in [0.25, 0.3) is 0 Å². The lowest BCUT2D eigenvalue weighted by Crippen LogP contribution is -2.52. The maximum atomic E-state index is 12.0. The van der Waals surface area contributed by atoms with Gasteiger partial charge in [-0.05, 0) is 95.3 Å². The van der Waals surface area contributed by atoms with Crippen LogP contribution in [0.3, 0.4) is 0 Å². The molecular formula is C23H48N4O2. The molecule has 2 fully saturated rings. The van der Waals surface area contributed by atoms with E-state index in [0.29, 0.717) is 12.1 Å². The van der Waals surface area contributed by atoms with Gasteiger partial charge < -0.3 is 24.8 Å². The Bertz CT molecular complexity index is 484. The number of nitrogens with one attached hydrogen (secondary N) is 1. The number of carbonyl (C=O) groups excluding carboxylic acids is 1. The molecule has 2 saturated heterocycles. The molecule has 2 aliphatic heterocycles. The summed E-state index contributed by atoms with van der Waals surface area (Å²) in [5, 5.41) is 3.36. The number of likely N-dealkylation sites (tertiary alicyclic amines) is 2. The fraction of sp³-hybridized carbons (Fsp3) is 0.957. The van der Waals surface area contributed by atoms with Crippen molar-refractivity contribution in [2.24, 2.45) is 0 Å². The first-order valence-corrected chi connectivity index (χ1v) is 11.3. The predicted octanol–water partition coefficient (Wildman–Crippen LogP) is 3.80. The molecule has 4 unspecified atom stereocenters. The van der Waals surface area contributed by atoms with Crippen molar-refractivity contribution in [3.63, 3.8) is 0 Å². The molecule has 1 N–H and O–H groups in total.